The van der Waals surface area contributed by atoms with Gasteiger partial charge in [0.25, 0.3) is 5.91 Å². The van der Waals surface area contributed by atoms with Crippen LogP contribution in [0.1, 0.15) is 56.0 Å². The fourth-order valence-electron chi connectivity index (χ4n) is 3.72. The van der Waals surface area contributed by atoms with E-state index in [1.807, 2.05) is 57.2 Å². The maximum Gasteiger partial charge on any atom is 0.408 e. The van der Waals surface area contributed by atoms with Crippen LogP contribution in [0.2, 0.25) is 0 Å². The molecule has 0 spiro atoms. The van der Waals surface area contributed by atoms with Gasteiger partial charge >= 0.3 is 6.09 Å². The molecule has 0 aliphatic heterocycles. The molecule has 0 radical (unpaired) electrons. The number of carbonyl (C=O) groups excluding carboxylic acids is 3. The summed E-state index contributed by atoms with van der Waals surface area (Å²) in [6.07, 6.45) is -0.825. The number of anilines is 1. The third-order valence-corrected chi connectivity index (χ3v) is 5.49. The molecule has 0 aromatic heterocycles. The smallest absolute Gasteiger partial charge is 0.408 e. The highest BCUT2D eigenvalue weighted by atomic mass is 16.6. The molecule has 8 nitrogen and oxygen atoms in total. The second-order valence-electron chi connectivity index (χ2n) is 9.57. The zero-order chi connectivity index (χ0) is 26.3. The number of carbonyl (C=O) groups is 3. The number of amides is 3. The summed E-state index contributed by atoms with van der Waals surface area (Å²) in [7, 11) is 0. The van der Waals surface area contributed by atoms with E-state index in [4.69, 9.17) is 4.74 Å². The molecule has 0 fully saturated rings. The third-order valence-electron chi connectivity index (χ3n) is 5.49. The Labute approximate surface area is 207 Å². The van der Waals surface area contributed by atoms with E-state index in [2.05, 4.69) is 10.6 Å². The van der Waals surface area contributed by atoms with Crippen LogP contribution in [0.4, 0.5) is 10.5 Å². The van der Waals surface area contributed by atoms with Crippen molar-refractivity contribution in [3.63, 3.8) is 0 Å². The van der Waals surface area contributed by atoms with Crippen molar-refractivity contribution in [2.45, 2.75) is 66.2 Å². The molecular formula is C27H37N3O5. The number of nitrogens with zero attached hydrogens (tertiary/aromatic N) is 1. The van der Waals surface area contributed by atoms with E-state index in [-0.39, 0.29) is 6.54 Å². The van der Waals surface area contributed by atoms with Crippen LogP contribution in [-0.2, 0) is 14.3 Å². The van der Waals surface area contributed by atoms with E-state index in [0.717, 1.165) is 16.7 Å². The molecule has 2 atom stereocenters. The van der Waals surface area contributed by atoms with Crippen molar-refractivity contribution in [2.75, 3.05) is 18.5 Å². The molecular weight excluding hydrogens is 446 g/mol. The molecule has 0 saturated carbocycles. The number of aliphatic hydroxyl groups excluding tert-OH is 1. The largest absolute Gasteiger partial charge is 0.444 e. The van der Waals surface area contributed by atoms with Gasteiger partial charge < -0.3 is 25.4 Å². The minimum absolute atomic E-state index is 0.171. The summed E-state index contributed by atoms with van der Waals surface area (Å²) in [5, 5.41) is 15.3. The molecule has 2 unspecified atom stereocenters. The SMILES string of the molecule is CCN(C(=O)C(CO)NC(=O)OC(C)(C)C)C(C(=O)Nc1ccccc1C)c1cc(C)ccc1C. The second-order valence-corrected chi connectivity index (χ2v) is 9.57. The standard InChI is InChI=1S/C27H37N3O5/c1-8-30(25(33)22(16-31)29-26(34)35-27(5,6)7)23(20-15-17(2)13-14-18(20)3)24(32)28-21-12-10-9-11-19(21)4/h9-15,22-23,31H,8,16H2,1-7H3,(H,28,32)(H,29,34). The van der Waals surface area contributed by atoms with Crippen LogP contribution in [0, 0.1) is 20.8 Å². The van der Waals surface area contributed by atoms with Crippen molar-refractivity contribution in [1.82, 2.24) is 10.2 Å². The second kappa shape index (κ2) is 11.8. The number of hydrogen-bond acceptors (Lipinski definition) is 5. The van der Waals surface area contributed by atoms with Crippen LogP contribution in [0.25, 0.3) is 0 Å². The Kier molecular flexibility index (Phi) is 9.42. The summed E-state index contributed by atoms with van der Waals surface area (Å²) in [6.45, 7) is 12.1. The summed E-state index contributed by atoms with van der Waals surface area (Å²) in [4.78, 5) is 40.9. The molecule has 3 amide bonds. The van der Waals surface area contributed by atoms with Crippen molar-refractivity contribution in [3.8, 4) is 0 Å². The lowest BCUT2D eigenvalue weighted by Gasteiger charge is -2.34. The molecule has 2 aromatic rings. The van der Waals surface area contributed by atoms with Crippen LogP contribution < -0.4 is 10.6 Å². The number of nitrogens with one attached hydrogen (secondary N) is 2. The summed E-state index contributed by atoms with van der Waals surface area (Å²) in [6, 6.07) is 10.8. The van der Waals surface area contributed by atoms with Gasteiger partial charge in [-0.2, -0.15) is 0 Å². The Bertz CT molecular complexity index is 1060. The summed E-state index contributed by atoms with van der Waals surface area (Å²) < 4.78 is 5.24. The highest BCUT2D eigenvalue weighted by Crippen LogP contribution is 2.28. The molecule has 0 bridgehead atoms. The van der Waals surface area contributed by atoms with E-state index in [1.165, 1.54) is 4.90 Å². The van der Waals surface area contributed by atoms with Gasteiger partial charge in [0.15, 0.2) is 0 Å². The monoisotopic (exact) mass is 483 g/mol. The molecule has 0 saturated heterocycles. The summed E-state index contributed by atoms with van der Waals surface area (Å²) in [5.74, 6) is -0.983. The molecule has 2 aromatic carbocycles. The highest BCUT2D eigenvalue weighted by molar-refractivity contribution is 5.99. The van der Waals surface area contributed by atoms with E-state index < -0.39 is 42.2 Å². The van der Waals surface area contributed by atoms with Crippen molar-refractivity contribution < 1.29 is 24.2 Å². The molecule has 3 N–H and O–H groups in total. The first-order valence-corrected chi connectivity index (χ1v) is 11.7. The average Bonchev–Trinajstić information content (AvgIpc) is 2.77. The first-order valence-electron chi connectivity index (χ1n) is 11.7. The van der Waals surface area contributed by atoms with Crippen LogP contribution in [0.15, 0.2) is 42.5 Å². The number of benzene rings is 2. The normalized spacial score (nSPS) is 12.9. The van der Waals surface area contributed by atoms with Crippen molar-refractivity contribution in [1.29, 1.82) is 0 Å². The Balaban J connectivity index is 2.46. The fraction of sp³-hybridized carbons (Fsp3) is 0.444. The number of hydrogen-bond donors (Lipinski definition) is 3. The van der Waals surface area contributed by atoms with Crippen LogP contribution in [0.3, 0.4) is 0 Å². The molecule has 190 valence electrons. The third kappa shape index (κ3) is 7.55. The number of alkyl carbamates (subject to hydrolysis) is 1. The van der Waals surface area contributed by atoms with Crippen LogP contribution >= 0.6 is 0 Å². The predicted molar refractivity (Wildman–Crippen MR) is 136 cm³/mol. The molecule has 2 rings (SSSR count). The van der Waals surface area contributed by atoms with Gasteiger partial charge in [0.05, 0.1) is 6.61 Å². The van der Waals surface area contributed by atoms with E-state index >= 15 is 0 Å². The Morgan fingerprint density at radius 3 is 2.26 bits per heavy atom. The first-order chi connectivity index (χ1) is 16.4. The number of aliphatic hydroxyl groups is 1. The zero-order valence-electron chi connectivity index (χ0n) is 21.6. The van der Waals surface area contributed by atoms with Gasteiger partial charge in [0.1, 0.15) is 17.7 Å². The lowest BCUT2D eigenvalue weighted by molar-refractivity contribution is -0.141. The number of rotatable bonds is 8. The lowest BCUT2D eigenvalue weighted by atomic mass is 9.96. The molecule has 0 aliphatic rings. The Hall–Kier alpha value is -3.39. The number of likely N-dealkylation sites (N-methyl/N-ethyl adjacent to an activating group) is 1. The topological polar surface area (TPSA) is 108 Å². The van der Waals surface area contributed by atoms with Gasteiger partial charge in [-0.3, -0.25) is 9.59 Å². The summed E-state index contributed by atoms with van der Waals surface area (Å²) >= 11 is 0. The highest BCUT2D eigenvalue weighted by Gasteiger charge is 2.36. The predicted octanol–water partition coefficient (Wildman–Crippen LogP) is 4.03. The molecule has 0 aliphatic carbocycles. The number of aryl methyl sites for hydroxylation is 3. The van der Waals surface area contributed by atoms with Crippen LogP contribution in [-0.4, -0.2) is 52.7 Å². The van der Waals surface area contributed by atoms with E-state index in [9.17, 15) is 19.5 Å². The van der Waals surface area contributed by atoms with Gasteiger partial charge in [-0.1, -0.05) is 42.0 Å². The van der Waals surface area contributed by atoms with Gasteiger partial charge in [0, 0.05) is 12.2 Å². The fourth-order valence-corrected chi connectivity index (χ4v) is 3.72. The van der Waals surface area contributed by atoms with Gasteiger partial charge in [-0.05, 0) is 71.2 Å². The van der Waals surface area contributed by atoms with Gasteiger partial charge in [0.2, 0.25) is 5.91 Å². The lowest BCUT2D eigenvalue weighted by Crippen LogP contribution is -2.53. The minimum Gasteiger partial charge on any atom is -0.444 e. The summed E-state index contributed by atoms with van der Waals surface area (Å²) in [5.41, 5.74) is 3.20. The van der Waals surface area contributed by atoms with Gasteiger partial charge in [-0.15, -0.1) is 0 Å². The minimum atomic E-state index is -1.27. The quantitative estimate of drug-likeness (QED) is 0.526. The maximum absolute atomic E-state index is 13.7. The van der Waals surface area contributed by atoms with Crippen LogP contribution in [0.5, 0.6) is 0 Å². The van der Waals surface area contributed by atoms with E-state index in [1.54, 1.807) is 33.8 Å². The Morgan fingerprint density at radius 1 is 1.03 bits per heavy atom. The average molecular weight is 484 g/mol. The van der Waals surface area contributed by atoms with Crippen molar-refractivity contribution in [3.05, 3.63) is 64.7 Å². The molecule has 0 heterocycles. The maximum atomic E-state index is 13.7. The number of para-hydroxylation sites is 1. The zero-order valence-corrected chi connectivity index (χ0v) is 21.6. The first kappa shape index (κ1) is 27.9. The van der Waals surface area contributed by atoms with E-state index in [0.29, 0.717) is 11.3 Å². The molecule has 8 heteroatoms. The van der Waals surface area contributed by atoms with Crippen molar-refractivity contribution >= 4 is 23.6 Å². The molecule has 35 heavy (non-hydrogen) atoms. The number of ether oxygens (including phenoxy) is 1. The van der Waals surface area contributed by atoms with Crippen molar-refractivity contribution in [2.24, 2.45) is 0 Å². The van der Waals surface area contributed by atoms with Gasteiger partial charge in [-0.25, -0.2) is 4.79 Å². The Morgan fingerprint density at radius 2 is 1.69 bits per heavy atom.